The van der Waals surface area contributed by atoms with Crippen LogP contribution in [0.15, 0.2) is 47.2 Å². The molecular formula is C19H25N3O3. The molecule has 0 bridgehead atoms. The quantitative estimate of drug-likeness (QED) is 0.736. The average Bonchev–Trinajstić information content (AvgIpc) is 3.16. The molecule has 3 rings (SSSR count). The Morgan fingerprint density at radius 2 is 2.04 bits per heavy atom. The van der Waals surface area contributed by atoms with Crippen molar-refractivity contribution in [3.8, 4) is 0 Å². The van der Waals surface area contributed by atoms with Gasteiger partial charge in [0.2, 0.25) is 5.91 Å². The molecular weight excluding hydrogens is 318 g/mol. The van der Waals surface area contributed by atoms with E-state index in [2.05, 4.69) is 9.88 Å². The highest BCUT2D eigenvalue weighted by Crippen LogP contribution is 2.12. The van der Waals surface area contributed by atoms with Crippen molar-refractivity contribution in [3.05, 3.63) is 54.2 Å². The van der Waals surface area contributed by atoms with Crippen molar-refractivity contribution in [2.75, 3.05) is 32.8 Å². The molecule has 0 spiro atoms. The Labute approximate surface area is 148 Å². The first kappa shape index (κ1) is 17.6. The van der Waals surface area contributed by atoms with Gasteiger partial charge in [0.15, 0.2) is 0 Å². The number of hydrogen-bond acceptors (Lipinski definition) is 5. The zero-order valence-electron chi connectivity index (χ0n) is 14.5. The van der Waals surface area contributed by atoms with Crippen LogP contribution in [-0.4, -0.2) is 53.5 Å². The minimum Gasteiger partial charge on any atom is -0.467 e. The van der Waals surface area contributed by atoms with Crippen LogP contribution in [0, 0.1) is 0 Å². The standard InChI is InChI=1S/C19H25N3O3/c23-19(7-3-9-21-10-13-24-14-11-21)22(16-18-6-4-12-25-18)15-17-5-1-2-8-20-17/h1-2,4-6,8,12H,3,7,9-11,13-16H2. The van der Waals surface area contributed by atoms with Gasteiger partial charge in [-0.1, -0.05) is 6.07 Å². The zero-order valence-corrected chi connectivity index (χ0v) is 14.5. The van der Waals surface area contributed by atoms with E-state index in [9.17, 15) is 4.79 Å². The molecule has 0 atom stereocenters. The lowest BCUT2D eigenvalue weighted by Gasteiger charge is -2.27. The fourth-order valence-electron chi connectivity index (χ4n) is 2.95. The SMILES string of the molecule is O=C(CCCN1CCOCC1)N(Cc1ccccn1)Cc1ccco1. The molecule has 25 heavy (non-hydrogen) atoms. The molecule has 2 aromatic heterocycles. The third-order valence-corrected chi connectivity index (χ3v) is 4.33. The van der Waals surface area contributed by atoms with Crippen molar-refractivity contribution in [1.82, 2.24) is 14.8 Å². The second-order valence-corrected chi connectivity index (χ2v) is 6.21. The molecule has 134 valence electrons. The molecule has 0 saturated carbocycles. The first-order chi connectivity index (χ1) is 12.3. The second-order valence-electron chi connectivity index (χ2n) is 6.21. The van der Waals surface area contributed by atoms with Crippen LogP contribution in [0.1, 0.15) is 24.3 Å². The summed E-state index contributed by atoms with van der Waals surface area (Å²) < 4.78 is 10.8. The number of ether oxygens (including phenoxy) is 1. The van der Waals surface area contributed by atoms with Crippen molar-refractivity contribution < 1.29 is 13.9 Å². The first-order valence-electron chi connectivity index (χ1n) is 8.81. The molecule has 1 aliphatic heterocycles. The molecule has 0 N–H and O–H groups in total. The number of aromatic nitrogens is 1. The van der Waals surface area contributed by atoms with Crippen LogP contribution >= 0.6 is 0 Å². The summed E-state index contributed by atoms with van der Waals surface area (Å²) in [6.45, 7) is 5.40. The molecule has 1 saturated heterocycles. The molecule has 6 nitrogen and oxygen atoms in total. The lowest BCUT2D eigenvalue weighted by Crippen LogP contribution is -2.37. The van der Waals surface area contributed by atoms with Crippen LogP contribution < -0.4 is 0 Å². The van der Waals surface area contributed by atoms with Crippen molar-refractivity contribution in [2.45, 2.75) is 25.9 Å². The summed E-state index contributed by atoms with van der Waals surface area (Å²) in [6, 6.07) is 9.50. The number of carbonyl (C=O) groups is 1. The van der Waals surface area contributed by atoms with Crippen molar-refractivity contribution in [2.24, 2.45) is 0 Å². The van der Waals surface area contributed by atoms with E-state index in [1.807, 2.05) is 35.2 Å². The minimum atomic E-state index is 0.135. The summed E-state index contributed by atoms with van der Waals surface area (Å²) in [6.07, 6.45) is 4.78. The van der Waals surface area contributed by atoms with E-state index >= 15 is 0 Å². The number of rotatable bonds is 8. The third-order valence-electron chi connectivity index (χ3n) is 4.33. The van der Waals surface area contributed by atoms with Gasteiger partial charge in [0.25, 0.3) is 0 Å². The average molecular weight is 343 g/mol. The van der Waals surface area contributed by atoms with Crippen LogP contribution in [0.25, 0.3) is 0 Å². The monoisotopic (exact) mass is 343 g/mol. The molecule has 0 aromatic carbocycles. The van der Waals surface area contributed by atoms with E-state index in [0.29, 0.717) is 19.5 Å². The molecule has 0 radical (unpaired) electrons. The highest BCUT2D eigenvalue weighted by molar-refractivity contribution is 5.76. The van der Waals surface area contributed by atoms with E-state index in [1.54, 1.807) is 12.5 Å². The summed E-state index contributed by atoms with van der Waals surface area (Å²) in [5, 5.41) is 0. The van der Waals surface area contributed by atoms with Gasteiger partial charge >= 0.3 is 0 Å². The predicted octanol–water partition coefficient (Wildman–Crippen LogP) is 2.32. The van der Waals surface area contributed by atoms with Gasteiger partial charge in [-0.3, -0.25) is 14.7 Å². The predicted molar refractivity (Wildman–Crippen MR) is 93.7 cm³/mol. The van der Waals surface area contributed by atoms with E-state index in [-0.39, 0.29) is 5.91 Å². The normalized spacial score (nSPS) is 15.2. The van der Waals surface area contributed by atoms with Gasteiger partial charge in [-0.15, -0.1) is 0 Å². The highest BCUT2D eigenvalue weighted by atomic mass is 16.5. The molecule has 0 aliphatic carbocycles. The lowest BCUT2D eigenvalue weighted by atomic mass is 10.2. The molecule has 1 amide bonds. The fraction of sp³-hybridized carbons (Fsp3) is 0.474. The number of hydrogen-bond donors (Lipinski definition) is 0. The Morgan fingerprint density at radius 1 is 1.16 bits per heavy atom. The Balaban J connectivity index is 1.54. The molecule has 3 heterocycles. The topological polar surface area (TPSA) is 58.8 Å². The Morgan fingerprint density at radius 3 is 2.76 bits per heavy atom. The molecule has 6 heteroatoms. The fourth-order valence-corrected chi connectivity index (χ4v) is 2.95. The molecule has 0 unspecified atom stereocenters. The third kappa shape index (κ3) is 5.69. The summed E-state index contributed by atoms with van der Waals surface area (Å²) in [4.78, 5) is 21.2. The van der Waals surface area contributed by atoms with Gasteiger partial charge in [-0.25, -0.2) is 0 Å². The van der Waals surface area contributed by atoms with Crippen LogP contribution in [-0.2, 0) is 22.6 Å². The van der Waals surface area contributed by atoms with Gasteiger partial charge < -0.3 is 14.1 Å². The molecule has 1 fully saturated rings. The maximum atomic E-state index is 12.7. The molecule has 2 aromatic rings. The lowest BCUT2D eigenvalue weighted by molar-refractivity contribution is -0.133. The smallest absolute Gasteiger partial charge is 0.223 e. The van der Waals surface area contributed by atoms with Crippen LogP contribution in [0.2, 0.25) is 0 Å². The summed E-state index contributed by atoms with van der Waals surface area (Å²) in [7, 11) is 0. The largest absolute Gasteiger partial charge is 0.467 e. The first-order valence-corrected chi connectivity index (χ1v) is 8.81. The number of furan rings is 1. The van der Waals surface area contributed by atoms with Crippen molar-refractivity contribution >= 4 is 5.91 Å². The van der Waals surface area contributed by atoms with Gasteiger partial charge in [0, 0.05) is 25.7 Å². The van der Waals surface area contributed by atoms with Crippen molar-refractivity contribution in [1.29, 1.82) is 0 Å². The number of carbonyl (C=O) groups excluding carboxylic acids is 1. The maximum Gasteiger partial charge on any atom is 0.223 e. The van der Waals surface area contributed by atoms with Crippen molar-refractivity contribution in [3.63, 3.8) is 0 Å². The maximum absolute atomic E-state index is 12.7. The van der Waals surface area contributed by atoms with Gasteiger partial charge in [0.1, 0.15) is 5.76 Å². The zero-order chi connectivity index (χ0) is 17.3. The Kier molecular flexibility index (Phi) is 6.59. The number of nitrogens with zero attached hydrogens (tertiary/aromatic N) is 3. The summed E-state index contributed by atoms with van der Waals surface area (Å²) in [5.41, 5.74) is 0.885. The minimum absolute atomic E-state index is 0.135. The Hall–Kier alpha value is -2.18. The van der Waals surface area contributed by atoms with E-state index in [4.69, 9.17) is 9.15 Å². The van der Waals surface area contributed by atoms with Gasteiger partial charge in [-0.2, -0.15) is 0 Å². The van der Waals surface area contributed by atoms with Gasteiger partial charge in [0.05, 0.1) is 38.3 Å². The summed E-state index contributed by atoms with van der Waals surface area (Å²) >= 11 is 0. The Bertz CT molecular complexity index is 625. The second kappa shape index (κ2) is 9.34. The van der Waals surface area contributed by atoms with E-state index in [1.165, 1.54) is 0 Å². The number of amides is 1. The van der Waals surface area contributed by atoms with E-state index in [0.717, 1.165) is 50.7 Å². The number of pyridine rings is 1. The summed E-state index contributed by atoms with van der Waals surface area (Å²) in [5.74, 6) is 0.924. The number of morpholine rings is 1. The highest BCUT2D eigenvalue weighted by Gasteiger charge is 2.17. The van der Waals surface area contributed by atoms with Crippen LogP contribution in [0.5, 0.6) is 0 Å². The molecule has 1 aliphatic rings. The van der Waals surface area contributed by atoms with E-state index < -0.39 is 0 Å². The van der Waals surface area contributed by atoms with Gasteiger partial charge in [-0.05, 0) is 37.2 Å². The van der Waals surface area contributed by atoms with Crippen LogP contribution in [0.3, 0.4) is 0 Å². The van der Waals surface area contributed by atoms with Crippen LogP contribution in [0.4, 0.5) is 0 Å².